The Labute approximate surface area is 116 Å². The Morgan fingerprint density at radius 3 is 2.30 bits per heavy atom. The first kappa shape index (κ1) is 15.4. The van der Waals surface area contributed by atoms with Gasteiger partial charge in [0.15, 0.2) is 5.79 Å². The van der Waals surface area contributed by atoms with Gasteiger partial charge >= 0.3 is 0 Å². The third-order valence-electron chi connectivity index (χ3n) is 3.67. The highest BCUT2D eigenvalue weighted by Gasteiger charge is 2.52. The van der Waals surface area contributed by atoms with E-state index in [1.807, 2.05) is 30.3 Å². The Kier molecular flexibility index (Phi) is 4.74. The molecule has 0 radical (unpaired) electrons. The molecule has 0 unspecified atom stereocenters. The van der Waals surface area contributed by atoms with Crippen LogP contribution in [0.1, 0.15) is 12.0 Å². The van der Waals surface area contributed by atoms with E-state index in [-0.39, 0.29) is 6.42 Å². The number of ether oxygens (including phenoxy) is 1. The molecule has 1 aliphatic rings. The van der Waals surface area contributed by atoms with Crippen LogP contribution in [0.15, 0.2) is 30.3 Å². The van der Waals surface area contributed by atoms with E-state index in [2.05, 4.69) is 0 Å². The van der Waals surface area contributed by atoms with E-state index in [1.54, 1.807) is 0 Å². The summed E-state index contributed by atoms with van der Waals surface area (Å²) in [5.41, 5.74) is 0.942. The van der Waals surface area contributed by atoms with Crippen molar-refractivity contribution in [3.05, 3.63) is 35.9 Å². The molecule has 0 spiro atoms. The van der Waals surface area contributed by atoms with Crippen molar-refractivity contribution in [2.45, 2.75) is 43.0 Å². The van der Waals surface area contributed by atoms with Crippen molar-refractivity contribution in [1.82, 2.24) is 0 Å². The molecule has 2 rings (SSSR count). The number of hydrogen-bond donors (Lipinski definition) is 5. The third kappa shape index (κ3) is 3.01. The van der Waals surface area contributed by atoms with Crippen LogP contribution < -0.4 is 0 Å². The summed E-state index contributed by atoms with van der Waals surface area (Å²) in [6.07, 6.45) is -5.31. The quantitative estimate of drug-likeness (QED) is 0.474. The lowest BCUT2D eigenvalue weighted by atomic mass is 9.89. The third-order valence-corrected chi connectivity index (χ3v) is 3.67. The summed E-state index contributed by atoms with van der Waals surface area (Å²) in [6, 6.07) is 9.31. The monoisotopic (exact) mass is 284 g/mol. The molecule has 1 aromatic carbocycles. The van der Waals surface area contributed by atoms with E-state index in [0.29, 0.717) is 6.42 Å². The Bertz CT molecular complexity index is 423. The van der Waals surface area contributed by atoms with Gasteiger partial charge in [0, 0.05) is 6.42 Å². The molecule has 5 atom stereocenters. The van der Waals surface area contributed by atoms with Gasteiger partial charge in [-0.25, -0.2) is 0 Å². The molecule has 6 heteroatoms. The van der Waals surface area contributed by atoms with Gasteiger partial charge in [-0.2, -0.15) is 0 Å². The second-order valence-electron chi connectivity index (χ2n) is 5.10. The van der Waals surface area contributed by atoms with Crippen LogP contribution in [0.2, 0.25) is 0 Å². The SMILES string of the molecule is OC[C@H]1O[C@](O)(CCc2ccccc2)[C@H](O)[C@@H](O)[C@@H]1O. The summed E-state index contributed by atoms with van der Waals surface area (Å²) in [6.45, 7) is -0.557. The van der Waals surface area contributed by atoms with Gasteiger partial charge in [-0.15, -0.1) is 0 Å². The summed E-state index contributed by atoms with van der Waals surface area (Å²) in [7, 11) is 0. The molecule has 1 saturated heterocycles. The van der Waals surface area contributed by atoms with Crippen LogP contribution in [0.4, 0.5) is 0 Å². The maximum absolute atomic E-state index is 10.3. The van der Waals surface area contributed by atoms with Gasteiger partial charge in [0.25, 0.3) is 0 Å². The second-order valence-corrected chi connectivity index (χ2v) is 5.10. The average molecular weight is 284 g/mol. The molecule has 5 N–H and O–H groups in total. The van der Waals surface area contributed by atoms with Gasteiger partial charge in [0.2, 0.25) is 0 Å². The van der Waals surface area contributed by atoms with Gasteiger partial charge in [-0.3, -0.25) is 0 Å². The Morgan fingerprint density at radius 2 is 1.70 bits per heavy atom. The van der Waals surface area contributed by atoms with Crippen molar-refractivity contribution in [3.8, 4) is 0 Å². The minimum Gasteiger partial charge on any atom is -0.394 e. The van der Waals surface area contributed by atoms with Crippen LogP contribution in [0.3, 0.4) is 0 Å². The highest BCUT2D eigenvalue weighted by Crippen LogP contribution is 2.31. The molecular weight excluding hydrogens is 264 g/mol. The minimum absolute atomic E-state index is 0.0401. The standard InChI is InChI=1S/C14H20O6/c15-8-10-11(16)12(17)13(18)14(19,20-10)7-6-9-4-2-1-3-5-9/h1-5,10-13,15-19H,6-8H2/t10-,11-,12+,13-,14-/m1/s1. The summed E-state index contributed by atoms with van der Waals surface area (Å²) >= 11 is 0. The van der Waals surface area contributed by atoms with E-state index >= 15 is 0 Å². The minimum atomic E-state index is -2.00. The molecule has 0 bridgehead atoms. The predicted octanol–water partition coefficient (Wildman–Crippen LogP) is -1.22. The van der Waals surface area contributed by atoms with Crippen LogP contribution in [-0.4, -0.2) is 62.3 Å². The molecule has 0 aromatic heterocycles. The highest BCUT2D eigenvalue weighted by molar-refractivity contribution is 5.15. The zero-order valence-corrected chi connectivity index (χ0v) is 11.0. The second kappa shape index (κ2) is 6.17. The van der Waals surface area contributed by atoms with Gasteiger partial charge < -0.3 is 30.3 Å². The first-order chi connectivity index (χ1) is 9.48. The molecule has 112 valence electrons. The Hall–Kier alpha value is -1.02. The van der Waals surface area contributed by atoms with Crippen molar-refractivity contribution in [2.24, 2.45) is 0 Å². The number of aryl methyl sites for hydroxylation is 1. The molecule has 1 heterocycles. The van der Waals surface area contributed by atoms with Crippen molar-refractivity contribution in [3.63, 3.8) is 0 Å². The first-order valence-electron chi connectivity index (χ1n) is 6.57. The molecular formula is C14H20O6. The molecule has 1 aromatic rings. The van der Waals surface area contributed by atoms with Crippen molar-refractivity contribution in [2.75, 3.05) is 6.61 Å². The number of aliphatic hydroxyl groups is 5. The van der Waals surface area contributed by atoms with E-state index in [1.165, 1.54) is 0 Å². The van der Waals surface area contributed by atoms with E-state index in [0.717, 1.165) is 5.56 Å². The summed E-state index contributed by atoms with van der Waals surface area (Å²) in [5, 5.41) is 48.7. The van der Waals surface area contributed by atoms with Gasteiger partial charge in [0.1, 0.15) is 24.4 Å². The summed E-state index contributed by atoms with van der Waals surface area (Å²) < 4.78 is 5.19. The smallest absolute Gasteiger partial charge is 0.195 e. The van der Waals surface area contributed by atoms with Crippen LogP contribution in [0.25, 0.3) is 0 Å². The van der Waals surface area contributed by atoms with Gasteiger partial charge in [-0.05, 0) is 12.0 Å². The van der Waals surface area contributed by atoms with Crippen LogP contribution in [0, 0.1) is 0 Å². The highest BCUT2D eigenvalue weighted by atomic mass is 16.7. The normalized spacial score (nSPS) is 37.9. The molecule has 0 amide bonds. The zero-order valence-electron chi connectivity index (χ0n) is 11.0. The fourth-order valence-electron chi connectivity index (χ4n) is 2.40. The number of hydrogen-bond acceptors (Lipinski definition) is 6. The van der Waals surface area contributed by atoms with Crippen molar-refractivity contribution < 1.29 is 30.3 Å². The molecule has 0 aliphatic carbocycles. The van der Waals surface area contributed by atoms with Crippen LogP contribution >= 0.6 is 0 Å². The first-order valence-corrected chi connectivity index (χ1v) is 6.57. The lowest BCUT2D eigenvalue weighted by Gasteiger charge is -2.45. The number of benzene rings is 1. The average Bonchev–Trinajstić information content (AvgIpc) is 2.48. The maximum atomic E-state index is 10.3. The number of aliphatic hydroxyl groups excluding tert-OH is 4. The lowest BCUT2D eigenvalue weighted by Crippen LogP contribution is -2.65. The topological polar surface area (TPSA) is 110 Å². The molecule has 1 aliphatic heterocycles. The summed E-state index contributed by atoms with van der Waals surface area (Å²) in [4.78, 5) is 0. The van der Waals surface area contributed by atoms with Crippen molar-refractivity contribution >= 4 is 0 Å². The predicted molar refractivity (Wildman–Crippen MR) is 69.7 cm³/mol. The van der Waals surface area contributed by atoms with Crippen LogP contribution in [0.5, 0.6) is 0 Å². The van der Waals surface area contributed by atoms with Gasteiger partial charge in [0.05, 0.1) is 6.61 Å². The molecule has 6 nitrogen and oxygen atoms in total. The van der Waals surface area contributed by atoms with Crippen molar-refractivity contribution in [1.29, 1.82) is 0 Å². The van der Waals surface area contributed by atoms with E-state index in [4.69, 9.17) is 9.84 Å². The fraction of sp³-hybridized carbons (Fsp3) is 0.571. The van der Waals surface area contributed by atoms with E-state index < -0.39 is 36.8 Å². The summed E-state index contributed by atoms with van der Waals surface area (Å²) in [5.74, 6) is -2.00. The number of rotatable bonds is 4. The maximum Gasteiger partial charge on any atom is 0.195 e. The van der Waals surface area contributed by atoms with E-state index in [9.17, 15) is 20.4 Å². The Morgan fingerprint density at radius 1 is 1.05 bits per heavy atom. The van der Waals surface area contributed by atoms with Crippen LogP contribution in [-0.2, 0) is 11.2 Å². The molecule has 1 fully saturated rings. The lowest BCUT2D eigenvalue weighted by molar-refractivity contribution is -0.351. The molecule has 20 heavy (non-hydrogen) atoms. The Balaban J connectivity index is 2.07. The van der Waals surface area contributed by atoms with Gasteiger partial charge in [-0.1, -0.05) is 30.3 Å². The largest absolute Gasteiger partial charge is 0.394 e. The zero-order chi connectivity index (χ0) is 14.8. The fourth-order valence-corrected chi connectivity index (χ4v) is 2.40. The molecule has 0 saturated carbocycles.